The van der Waals surface area contributed by atoms with Crippen LogP contribution in [0, 0.1) is 23.2 Å². The molecule has 0 N–H and O–H groups in total. The highest BCUT2D eigenvalue weighted by atomic mass is 14.6. The van der Waals surface area contributed by atoms with Crippen LogP contribution in [-0.4, -0.2) is 0 Å². The Kier molecular flexibility index (Phi) is 1.19. The van der Waals surface area contributed by atoms with Crippen LogP contribution in [0.3, 0.4) is 0 Å². The molecule has 58 valence electrons. The Hall–Kier alpha value is 0. The molecule has 3 rings (SSSR count). The monoisotopic (exact) mass is 138 g/mol. The van der Waals surface area contributed by atoms with Crippen LogP contribution >= 0.6 is 0 Å². The fourth-order valence-electron chi connectivity index (χ4n) is 3.40. The molecule has 3 fully saturated rings. The van der Waals surface area contributed by atoms with E-state index in [4.69, 9.17) is 0 Å². The Morgan fingerprint density at radius 2 is 2.20 bits per heavy atom. The average Bonchev–Trinajstić information content (AvgIpc) is 2.38. The van der Waals surface area contributed by atoms with Crippen molar-refractivity contribution in [1.82, 2.24) is 0 Å². The minimum atomic E-state index is 0.763. The van der Waals surface area contributed by atoms with Gasteiger partial charge >= 0.3 is 0 Å². The molecule has 10 heavy (non-hydrogen) atoms. The lowest BCUT2D eigenvalue weighted by molar-refractivity contribution is 0.0382. The Labute approximate surface area is 64.0 Å². The molecule has 0 amide bonds. The number of fused-ring (bicyclic) bond motifs is 1. The summed E-state index contributed by atoms with van der Waals surface area (Å²) in [6, 6.07) is 0. The van der Waals surface area contributed by atoms with Crippen LogP contribution in [0.25, 0.3) is 0 Å². The molecule has 0 heterocycles. The van der Waals surface area contributed by atoms with Gasteiger partial charge in [-0.05, 0) is 36.0 Å². The summed E-state index contributed by atoms with van der Waals surface area (Å²) in [5.74, 6) is 3.21. The smallest absolute Gasteiger partial charge is 0.0266 e. The normalized spacial score (nSPS) is 58.5. The Bertz CT molecular complexity index is 150. The van der Waals surface area contributed by atoms with Crippen LogP contribution < -0.4 is 0 Å². The summed E-state index contributed by atoms with van der Waals surface area (Å²) in [5.41, 5.74) is 0.763. The molecule has 4 atom stereocenters. The van der Waals surface area contributed by atoms with Gasteiger partial charge in [-0.15, -0.1) is 0 Å². The fourth-order valence-corrected chi connectivity index (χ4v) is 3.40. The molecular formula is C10H18. The summed E-state index contributed by atoms with van der Waals surface area (Å²) < 4.78 is 0. The van der Waals surface area contributed by atoms with E-state index in [9.17, 15) is 0 Å². The number of rotatable bonds is 1. The van der Waals surface area contributed by atoms with Crippen LogP contribution in [0.2, 0.25) is 0 Å². The summed E-state index contributed by atoms with van der Waals surface area (Å²) in [6.07, 6.45) is 4.48. The van der Waals surface area contributed by atoms with Crippen LogP contribution in [0.1, 0.15) is 40.0 Å². The van der Waals surface area contributed by atoms with Gasteiger partial charge in [0, 0.05) is 0 Å². The van der Waals surface area contributed by atoms with Crippen molar-refractivity contribution in [3.63, 3.8) is 0 Å². The SMILES string of the molecule is CCC1CC2CC1(C)C2C. The molecule has 0 aromatic heterocycles. The van der Waals surface area contributed by atoms with E-state index in [1.807, 2.05) is 0 Å². The van der Waals surface area contributed by atoms with Crippen molar-refractivity contribution in [2.24, 2.45) is 23.2 Å². The van der Waals surface area contributed by atoms with E-state index in [-0.39, 0.29) is 0 Å². The molecule has 0 aliphatic heterocycles. The van der Waals surface area contributed by atoms with Crippen molar-refractivity contribution in [2.45, 2.75) is 40.0 Å². The first-order chi connectivity index (χ1) is 4.68. The predicted molar refractivity (Wildman–Crippen MR) is 43.8 cm³/mol. The highest BCUT2D eigenvalue weighted by Gasteiger charge is 2.58. The standard InChI is InChI=1S/C10H18/c1-4-9-5-8-6-10(9,3)7(8)2/h7-9H,4-6H2,1-3H3. The van der Waals surface area contributed by atoms with Crippen LogP contribution in [0.4, 0.5) is 0 Å². The van der Waals surface area contributed by atoms with Gasteiger partial charge in [-0.2, -0.15) is 0 Å². The maximum atomic E-state index is 2.50. The van der Waals surface area contributed by atoms with Crippen molar-refractivity contribution in [2.75, 3.05) is 0 Å². The lowest BCUT2D eigenvalue weighted by atomic mass is 9.60. The van der Waals surface area contributed by atoms with Crippen molar-refractivity contribution in [3.05, 3.63) is 0 Å². The zero-order valence-electron chi connectivity index (χ0n) is 7.35. The molecule has 3 saturated carbocycles. The maximum Gasteiger partial charge on any atom is -0.0266 e. The first-order valence-electron chi connectivity index (χ1n) is 4.68. The fraction of sp³-hybridized carbons (Fsp3) is 1.00. The number of hydrogen-bond acceptors (Lipinski definition) is 0. The number of hydrogen-bond donors (Lipinski definition) is 0. The molecule has 0 aromatic carbocycles. The molecule has 0 spiro atoms. The van der Waals surface area contributed by atoms with Gasteiger partial charge < -0.3 is 0 Å². The summed E-state index contributed by atoms with van der Waals surface area (Å²) in [4.78, 5) is 0. The molecule has 3 aliphatic rings. The topological polar surface area (TPSA) is 0 Å². The van der Waals surface area contributed by atoms with Crippen molar-refractivity contribution in [3.8, 4) is 0 Å². The zero-order valence-corrected chi connectivity index (χ0v) is 7.35. The molecular weight excluding hydrogens is 120 g/mol. The first-order valence-corrected chi connectivity index (χ1v) is 4.68. The van der Waals surface area contributed by atoms with Gasteiger partial charge in [-0.25, -0.2) is 0 Å². The lowest BCUT2D eigenvalue weighted by Crippen LogP contribution is -2.38. The second-order valence-corrected chi connectivity index (χ2v) is 4.60. The van der Waals surface area contributed by atoms with E-state index in [2.05, 4.69) is 20.8 Å². The highest BCUT2D eigenvalue weighted by molar-refractivity contribution is 5.07. The van der Waals surface area contributed by atoms with E-state index in [0.717, 1.165) is 23.2 Å². The third kappa shape index (κ3) is 0.538. The van der Waals surface area contributed by atoms with E-state index in [1.165, 1.54) is 19.3 Å². The van der Waals surface area contributed by atoms with Crippen LogP contribution in [-0.2, 0) is 0 Å². The summed E-state index contributed by atoms with van der Waals surface area (Å²) in [6.45, 7) is 7.29. The first kappa shape index (κ1) is 6.69. The molecule has 2 bridgehead atoms. The highest BCUT2D eigenvalue weighted by Crippen LogP contribution is 2.66. The second-order valence-electron chi connectivity index (χ2n) is 4.60. The summed E-state index contributed by atoms with van der Waals surface area (Å²) in [7, 11) is 0. The molecule has 0 radical (unpaired) electrons. The van der Waals surface area contributed by atoms with E-state index < -0.39 is 0 Å². The van der Waals surface area contributed by atoms with Crippen molar-refractivity contribution >= 4 is 0 Å². The minimum absolute atomic E-state index is 0.763. The van der Waals surface area contributed by atoms with Gasteiger partial charge in [-0.3, -0.25) is 0 Å². The Morgan fingerprint density at radius 3 is 2.40 bits per heavy atom. The lowest BCUT2D eigenvalue weighted by Gasteiger charge is -2.45. The van der Waals surface area contributed by atoms with Crippen molar-refractivity contribution in [1.29, 1.82) is 0 Å². The third-order valence-corrected chi connectivity index (χ3v) is 4.46. The molecule has 0 heteroatoms. The zero-order chi connectivity index (χ0) is 7.35. The van der Waals surface area contributed by atoms with Gasteiger partial charge in [0.1, 0.15) is 0 Å². The van der Waals surface area contributed by atoms with E-state index in [0.29, 0.717) is 0 Å². The van der Waals surface area contributed by atoms with Gasteiger partial charge in [-0.1, -0.05) is 27.2 Å². The van der Waals surface area contributed by atoms with Gasteiger partial charge in [0.05, 0.1) is 0 Å². The Morgan fingerprint density at radius 1 is 1.50 bits per heavy atom. The van der Waals surface area contributed by atoms with Crippen molar-refractivity contribution < 1.29 is 0 Å². The Balaban J connectivity index is 2.17. The molecule has 0 aromatic rings. The van der Waals surface area contributed by atoms with Gasteiger partial charge in [0.15, 0.2) is 0 Å². The summed E-state index contributed by atoms with van der Waals surface area (Å²) in [5, 5.41) is 0. The molecule has 4 unspecified atom stereocenters. The average molecular weight is 138 g/mol. The van der Waals surface area contributed by atoms with Crippen LogP contribution in [0.15, 0.2) is 0 Å². The summed E-state index contributed by atoms with van der Waals surface area (Å²) >= 11 is 0. The largest absolute Gasteiger partial charge is 0.0651 e. The van der Waals surface area contributed by atoms with Gasteiger partial charge in [0.2, 0.25) is 0 Å². The minimum Gasteiger partial charge on any atom is -0.0651 e. The van der Waals surface area contributed by atoms with E-state index in [1.54, 1.807) is 0 Å². The third-order valence-electron chi connectivity index (χ3n) is 4.46. The quantitative estimate of drug-likeness (QED) is 0.522. The predicted octanol–water partition coefficient (Wildman–Crippen LogP) is 3.08. The van der Waals surface area contributed by atoms with Gasteiger partial charge in [0.25, 0.3) is 0 Å². The molecule has 3 aliphatic carbocycles. The molecule has 0 saturated heterocycles. The second kappa shape index (κ2) is 1.78. The van der Waals surface area contributed by atoms with E-state index >= 15 is 0 Å². The maximum absolute atomic E-state index is 2.50. The molecule has 0 nitrogen and oxygen atoms in total. The van der Waals surface area contributed by atoms with Crippen LogP contribution in [0.5, 0.6) is 0 Å².